The van der Waals surface area contributed by atoms with Gasteiger partial charge in [-0.2, -0.15) is 4.31 Å². The molecule has 1 heterocycles. The molecule has 1 aliphatic heterocycles. The zero-order chi connectivity index (χ0) is 26.8. The molecule has 2 aromatic rings. The van der Waals surface area contributed by atoms with E-state index in [4.69, 9.17) is 0 Å². The van der Waals surface area contributed by atoms with E-state index in [9.17, 15) is 27.6 Å². The Morgan fingerprint density at radius 1 is 1.08 bits per heavy atom. The molecule has 0 bridgehead atoms. The van der Waals surface area contributed by atoms with Crippen LogP contribution in [-0.2, 0) is 29.1 Å². The first kappa shape index (κ1) is 27.0. The molecule has 1 saturated heterocycles. The lowest BCUT2D eigenvalue weighted by atomic mass is 10.00. The number of rotatable bonds is 8. The number of carbonyl (C=O) groups is 4. The van der Waals surface area contributed by atoms with Crippen LogP contribution in [0.1, 0.15) is 50.9 Å². The van der Waals surface area contributed by atoms with Crippen LogP contribution in [0.25, 0.3) is 0 Å². The van der Waals surface area contributed by atoms with Crippen molar-refractivity contribution >= 4 is 45.1 Å². The summed E-state index contributed by atoms with van der Waals surface area (Å²) < 4.78 is 33.4. The molecule has 0 aromatic heterocycles. The van der Waals surface area contributed by atoms with E-state index in [1.807, 2.05) is 0 Å². The van der Waals surface area contributed by atoms with Crippen molar-refractivity contribution in [2.24, 2.45) is 0 Å². The second-order valence-electron chi connectivity index (χ2n) is 9.00. The van der Waals surface area contributed by atoms with Crippen molar-refractivity contribution in [2.75, 3.05) is 17.3 Å². The lowest BCUT2D eigenvalue weighted by Crippen LogP contribution is -2.55. The van der Waals surface area contributed by atoms with E-state index in [1.54, 1.807) is 20.8 Å². The quantitative estimate of drug-likeness (QED) is 0.423. The summed E-state index contributed by atoms with van der Waals surface area (Å²) in [7, 11) is -2.98. The van der Waals surface area contributed by atoms with Crippen molar-refractivity contribution in [1.29, 1.82) is 0 Å². The van der Waals surface area contributed by atoms with Gasteiger partial charge in [0.05, 0.1) is 29.7 Å². The van der Waals surface area contributed by atoms with Gasteiger partial charge in [0.15, 0.2) is 0 Å². The Labute approximate surface area is 210 Å². The van der Waals surface area contributed by atoms with Gasteiger partial charge in [-0.25, -0.2) is 18.1 Å². The fourth-order valence-electron chi connectivity index (χ4n) is 4.03. The highest BCUT2D eigenvalue weighted by Crippen LogP contribution is 2.36. The van der Waals surface area contributed by atoms with Crippen molar-refractivity contribution in [3.8, 4) is 0 Å². The van der Waals surface area contributed by atoms with Gasteiger partial charge in [0.2, 0.25) is 21.8 Å². The van der Waals surface area contributed by atoms with Crippen LogP contribution >= 0.6 is 0 Å². The number of imide groups is 1. The van der Waals surface area contributed by atoms with Crippen LogP contribution in [0.4, 0.5) is 11.4 Å². The minimum atomic E-state index is -4.22. The Bertz CT molecular complexity index is 1290. The first-order valence-electron chi connectivity index (χ1n) is 11.3. The molecule has 1 aliphatic rings. The molecule has 1 atom stereocenters. The molecule has 10 nitrogen and oxygen atoms in total. The lowest BCUT2D eigenvalue weighted by Gasteiger charge is -2.39. The molecule has 192 valence electrons. The van der Waals surface area contributed by atoms with Gasteiger partial charge in [-0.05, 0) is 68.8 Å². The topological polar surface area (TPSA) is 130 Å². The highest BCUT2D eigenvalue weighted by molar-refractivity contribution is 7.89. The van der Waals surface area contributed by atoms with E-state index in [1.165, 1.54) is 62.6 Å². The fraction of sp³-hybridized carbons (Fsp3) is 0.360. The number of hydrogen-bond donors (Lipinski definition) is 1. The van der Waals surface area contributed by atoms with E-state index in [-0.39, 0.29) is 28.5 Å². The number of esters is 1. The van der Waals surface area contributed by atoms with Crippen LogP contribution in [0, 0.1) is 0 Å². The van der Waals surface area contributed by atoms with Gasteiger partial charge >= 0.3 is 5.97 Å². The minimum absolute atomic E-state index is 0.0701. The number of sulfonamides is 1. The summed E-state index contributed by atoms with van der Waals surface area (Å²) in [5, 5.41) is 2.58. The van der Waals surface area contributed by atoms with Crippen LogP contribution < -0.4 is 10.2 Å². The smallest absolute Gasteiger partial charge is 0.337 e. The van der Waals surface area contributed by atoms with Crippen LogP contribution in [0.2, 0.25) is 0 Å². The van der Waals surface area contributed by atoms with Gasteiger partial charge in [0, 0.05) is 18.2 Å². The summed E-state index contributed by atoms with van der Waals surface area (Å²) in [6.07, 6.45) is 0.0478. The Morgan fingerprint density at radius 2 is 1.67 bits per heavy atom. The van der Waals surface area contributed by atoms with Crippen LogP contribution in [0.3, 0.4) is 0 Å². The van der Waals surface area contributed by atoms with Crippen LogP contribution in [0.5, 0.6) is 0 Å². The summed E-state index contributed by atoms with van der Waals surface area (Å²) in [6, 6.07) is 10.1. The first-order chi connectivity index (χ1) is 16.8. The molecular weight excluding hydrogens is 486 g/mol. The number of amides is 3. The number of nitrogens with zero attached hydrogens (tertiary/aromatic N) is 2. The third-order valence-electron chi connectivity index (χ3n) is 6.15. The molecule has 3 rings (SSSR count). The predicted molar refractivity (Wildman–Crippen MR) is 133 cm³/mol. The summed E-state index contributed by atoms with van der Waals surface area (Å²) in [4.78, 5) is 50.3. The summed E-state index contributed by atoms with van der Waals surface area (Å²) >= 11 is 0. The highest BCUT2D eigenvalue weighted by Gasteiger charge is 2.51. The molecule has 11 heteroatoms. The summed E-state index contributed by atoms with van der Waals surface area (Å²) in [6.45, 7) is 6.53. The van der Waals surface area contributed by atoms with Gasteiger partial charge in [-0.3, -0.25) is 14.4 Å². The van der Waals surface area contributed by atoms with Gasteiger partial charge in [0.25, 0.3) is 5.91 Å². The number of anilines is 2. The molecule has 0 saturated carbocycles. The SMILES string of the molecule is CCC(C)(C)N(C1CC(=O)N(c2ccc(C(=O)OC)cc2)C1=O)S(=O)(=O)c1ccc(NC(C)=O)cc1. The second kappa shape index (κ2) is 10.2. The van der Waals surface area contributed by atoms with Gasteiger partial charge < -0.3 is 10.1 Å². The third-order valence-corrected chi connectivity index (χ3v) is 8.28. The number of methoxy groups -OCH3 is 1. The first-order valence-corrected chi connectivity index (χ1v) is 12.7. The van der Waals surface area contributed by atoms with Crippen LogP contribution in [0.15, 0.2) is 53.4 Å². The zero-order valence-electron chi connectivity index (χ0n) is 20.8. The molecule has 1 unspecified atom stereocenters. The average molecular weight is 516 g/mol. The van der Waals surface area contributed by atoms with Crippen LogP contribution in [-0.4, -0.2) is 55.1 Å². The Hall–Kier alpha value is -3.57. The van der Waals surface area contributed by atoms with E-state index >= 15 is 0 Å². The Morgan fingerprint density at radius 3 is 2.17 bits per heavy atom. The number of ether oxygens (including phenoxy) is 1. The average Bonchev–Trinajstić information content (AvgIpc) is 3.11. The molecule has 0 aliphatic carbocycles. The van der Waals surface area contributed by atoms with Gasteiger partial charge in [-0.15, -0.1) is 0 Å². The molecule has 36 heavy (non-hydrogen) atoms. The van der Waals surface area contributed by atoms with Gasteiger partial charge in [0.1, 0.15) is 6.04 Å². The second-order valence-corrected chi connectivity index (χ2v) is 10.8. The molecule has 0 spiro atoms. The monoisotopic (exact) mass is 515 g/mol. The largest absolute Gasteiger partial charge is 0.465 e. The predicted octanol–water partition coefficient (Wildman–Crippen LogP) is 2.94. The molecule has 2 aromatic carbocycles. The maximum atomic E-state index is 13.8. The number of benzene rings is 2. The third kappa shape index (κ3) is 5.17. The van der Waals surface area contributed by atoms with Crippen molar-refractivity contribution < 1.29 is 32.3 Å². The van der Waals surface area contributed by atoms with E-state index in [2.05, 4.69) is 10.1 Å². The minimum Gasteiger partial charge on any atom is -0.465 e. The maximum absolute atomic E-state index is 13.8. The number of nitrogens with one attached hydrogen (secondary N) is 1. The lowest BCUT2D eigenvalue weighted by molar-refractivity contribution is -0.123. The molecular formula is C25H29N3O7S. The number of carbonyl (C=O) groups excluding carboxylic acids is 4. The van der Waals surface area contributed by atoms with Crippen molar-refractivity contribution in [2.45, 2.75) is 57.0 Å². The molecule has 1 fully saturated rings. The van der Waals surface area contributed by atoms with E-state index in [0.29, 0.717) is 12.1 Å². The fourth-order valence-corrected chi connectivity index (χ4v) is 6.02. The standard InChI is InChI=1S/C25H29N3O7S/c1-6-25(3,4)28(36(33,34)20-13-9-18(10-14-20)26-16(2)29)21-15-22(30)27(23(21)31)19-11-7-17(8-12-19)24(32)35-5/h7-14,21H,6,15H2,1-5H3,(H,26,29). The van der Waals surface area contributed by atoms with Crippen molar-refractivity contribution in [1.82, 2.24) is 4.31 Å². The molecule has 3 amide bonds. The van der Waals surface area contributed by atoms with Crippen molar-refractivity contribution in [3.63, 3.8) is 0 Å². The van der Waals surface area contributed by atoms with E-state index in [0.717, 1.165) is 9.21 Å². The summed E-state index contributed by atoms with van der Waals surface area (Å²) in [5.41, 5.74) is -0.0978. The summed E-state index contributed by atoms with van der Waals surface area (Å²) in [5.74, 6) is -2.09. The Balaban J connectivity index is 2.00. The maximum Gasteiger partial charge on any atom is 0.337 e. The molecule has 1 N–H and O–H groups in total. The molecule has 0 radical (unpaired) electrons. The zero-order valence-corrected chi connectivity index (χ0v) is 21.6. The Kier molecular flexibility index (Phi) is 7.65. The number of hydrogen-bond acceptors (Lipinski definition) is 7. The van der Waals surface area contributed by atoms with Crippen molar-refractivity contribution in [3.05, 3.63) is 54.1 Å². The van der Waals surface area contributed by atoms with E-state index < -0.39 is 39.4 Å². The van der Waals surface area contributed by atoms with Gasteiger partial charge in [-0.1, -0.05) is 6.92 Å². The highest BCUT2D eigenvalue weighted by atomic mass is 32.2. The normalized spacial score (nSPS) is 16.4.